The lowest BCUT2D eigenvalue weighted by Gasteiger charge is -2.12. The molecule has 0 spiro atoms. The van der Waals surface area contributed by atoms with E-state index in [4.69, 9.17) is 23.2 Å². The Morgan fingerprint density at radius 1 is 1.32 bits per heavy atom. The van der Waals surface area contributed by atoms with E-state index in [0.717, 1.165) is 24.3 Å². The van der Waals surface area contributed by atoms with E-state index in [1.165, 1.54) is 6.07 Å². The van der Waals surface area contributed by atoms with Crippen LogP contribution >= 0.6 is 23.2 Å². The molecule has 1 heterocycles. The van der Waals surface area contributed by atoms with E-state index < -0.39 is 5.82 Å². The van der Waals surface area contributed by atoms with Crippen molar-refractivity contribution < 1.29 is 4.39 Å². The molecule has 2 rings (SSSR count). The number of hydrogen-bond acceptors (Lipinski definition) is 1. The lowest BCUT2D eigenvalue weighted by molar-refractivity contribution is 0.512. The Bertz CT molecular complexity index is 591. The van der Waals surface area contributed by atoms with Crippen LogP contribution in [0.4, 0.5) is 4.39 Å². The van der Waals surface area contributed by atoms with Gasteiger partial charge in [-0.05, 0) is 25.3 Å². The first-order valence-corrected chi connectivity index (χ1v) is 7.20. The first-order valence-electron chi connectivity index (χ1n) is 6.39. The number of aromatic nitrogens is 2. The molecule has 19 heavy (non-hydrogen) atoms. The van der Waals surface area contributed by atoms with Crippen molar-refractivity contribution >= 4 is 34.2 Å². The predicted octanol–water partition coefficient (Wildman–Crippen LogP) is 5.17. The fourth-order valence-corrected chi connectivity index (χ4v) is 2.39. The third-order valence-corrected chi connectivity index (χ3v) is 3.59. The van der Waals surface area contributed by atoms with Crippen LogP contribution < -0.4 is 0 Å². The molecule has 0 aliphatic carbocycles. The Balaban J connectivity index is 2.55. The summed E-state index contributed by atoms with van der Waals surface area (Å²) in [4.78, 5) is 4.47. The minimum atomic E-state index is -0.423. The first-order chi connectivity index (χ1) is 8.90. The highest BCUT2D eigenvalue weighted by Gasteiger charge is 2.17. The van der Waals surface area contributed by atoms with Crippen LogP contribution in [0.1, 0.15) is 38.4 Å². The summed E-state index contributed by atoms with van der Waals surface area (Å²) in [6.07, 6.45) is 0.992. The summed E-state index contributed by atoms with van der Waals surface area (Å²) in [5.41, 5.74) is 1.45. The molecular formula is C14H17Cl2FN2. The Morgan fingerprint density at radius 2 is 2.00 bits per heavy atom. The van der Waals surface area contributed by atoms with Gasteiger partial charge in [0.15, 0.2) is 0 Å². The Labute approximate surface area is 122 Å². The van der Waals surface area contributed by atoms with Crippen molar-refractivity contribution in [2.75, 3.05) is 0 Å². The molecule has 0 aliphatic rings. The van der Waals surface area contributed by atoms with E-state index in [1.54, 1.807) is 6.07 Å². The van der Waals surface area contributed by atoms with Gasteiger partial charge in [0, 0.05) is 12.6 Å². The van der Waals surface area contributed by atoms with Crippen LogP contribution in [-0.2, 0) is 6.54 Å². The molecule has 2 nitrogen and oxygen atoms in total. The van der Waals surface area contributed by atoms with E-state index >= 15 is 0 Å². The van der Waals surface area contributed by atoms with Gasteiger partial charge >= 0.3 is 0 Å². The second-order valence-electron chi connectivity index (χ2n) is 5.18. The van der Waals surface area contributed by atoms with E-state index in [1.807, 2.05) is 11.5 Å². The molecule has 2 aromatic rings. The lowest BCUT2D eigenvalue weighted by atomic mass is 10.1. The third-order valence-electron chi connectivity index (χ3n) is 3.11. The SMILES string of the molecule is CC(C)CCn1c(C(C)Cl)nc2cc(Cl)c(F)cc21. The van der Waals surface area contributed by atoms with Gasteiger partial charge in [-0.15, -0.1) is 11.6 Å². The zero-order valence-electron chi connectivity index (χ0n) is 11.3. The fraction of sp³-hybridized carbons (Fsp3) is 0.500. The van der Waals surface area contributed by atoms with Crippen molar-refractivity contribution in [2.45, 2.75) is 39.1 Å². The quantitative estimate of drug-likeness (QED) is 0.712. The van der Waals surface area contributed by atoms with Gasteiger partial charge in [-0.25, -0.2) is 9.37 Å². The third kappa shape index (κ3) is 3.03. The Kier molecular flexibility index (Phi) is 4.36. The summed E-state index contributed by atoms with van der Waals surface area (Å²) in [5.74, 6) is 0.903. The van der Waals surface area contributed by atoms with Crippen LogP contribution in [0, 0.1) is 11.7 Å². The summed E-state index contributed by atoms with van der Waals surface area (Å²) >= 11 is 12.0. The molecule has 5 heteroatoms. The van der Waals surface area contributed by atoms with Gasteiger partial charge in [-0.2, -0.15) is 0 Å². The molecular weight excluding hydrogens is 286 g/mol. The molecule has 0 saturated heterocycles. The summed E-state index contributed by atoms with van der Waals surface area (Å²) < 4.78 is 15.6. The smallest absolute Gasteiger partial charge is 0.144 e. The highest BCUT2D eigenvalue weighted by atomic mass is 35.5. The molecule has 0 amide bonds. The summed E-state index contributed by atoms with van der Waals surface area (Å²) in [6, 6.07) is 2.99. The van der Waals surface area contributed by atoms with E-state index in [0.29, 0.717) is 11.4 Å². The topological polar surface area (TPSA) is 17.8 Å². The molecule has 0 radical (unpaired) electrons. The lowest BCUT2D eigenvalue weighted by Crippen LogP contribution is -2.06. The maximum absolute atomic E-state index is 13.6. The van der Waals surface area contributed by atoms with Crippen molar-refractivity contribution in [2.24, 2.45) is 5.92 Å². The normalized spacial score (nSPS) is 13.4. The Hall–Kier alpha value is -0.800. The summed E-state index contributed by atoms with van der Waals surface area (Å²) in [7, 11) is 0. The standard InChI is InChI=1S/C14H17Cl2FN2/c1-8(2)4-5-19-13-7-11(17)10(16)6-12(13)18-14(19)9(3)15/h6-9H,4-5H2,1-3H3. The number of imidazole rings is 1. The van der Waals surface area contributed by atoms with Gasteiger partial charge in [-0.3, -0.25) is 0 Å². The highest BCUT2D eigenvalue weighted by Crippen LogP contribution is 2.28. The van der Waals surface area contributed by atoms with Crippen LogP contribution in [0.2, 0.25) is 5.02 Å². The maximum atomic E-state index is 13.6. The average Bonchev–Trinajstić information content (AvgIpc) is 2.65. The van der Waals surface area contributed by atoms with Crippen molar-refractivity contribution in [3.8, 4) is 0 Å². The molecule has 1 unspecified atom stereocenters. The van der Waals surface area contributed by atoms with Crippen LogP contribution in [0.25, 0.3) is 11.0 Å². The highest BCUT2D eigenvalue weighted by molar-refractivity contribution is 6.31. The zero-order valence-corrected chi connectivity index (χ0v) is 12.8. The van der Waals surface area contributed by atoms with Gasteiger partial charge in [0.25, 0.3) is 0 Å². The maximum Gasteiger partial charge on any atom is 0.144 e. The summed E-state index contributed by atoms with van der Waals surface area (Å²) in [6.45, 7) is 6.95. The second-order valence-corrected chi connectivity index (χ2v) is 6.24. The predicted molar refractivity (Wildman–Crippen MR) is 78.4 cm³/mol. The molecule has 0 N–H and O–H groups in total. The van der Waals surface area contributed by atoms with Crippen molar-refractivity contribution in [3.63, 3.8) is 0 Å². The molecule has 1 aromatic carbocycles. The number of fused-ring (bicyclic) bond motifs is 1. The van der Waals surface area contributed by atoms with Crippen LogP contribution in [0.3, 0.4) is 0 Å². The molecule has 0 saturated carbocycles. The van der Waals surface area contributed by atoms with Gasteiger partial charge in [0.1, 0.15) is 11.6 Å². The second kappa shape index (κ2) is 5.68. The monoisotopic (exact) mass is 302 g/mol. The van der Waals surface area contributed by atoms with Gasteiger partial charge in [0.2, 0.25) is 0 Å². The largest absolute Gasteiger partial charge is 0.327 e. The minimum absolute atomic E-state index is 0.0924. The summed E-state index contributed by atoms with van der Waals surface area (Å²) in [5, 5.41) is -0.129. The number of aryl methyl sites for hydroxylation is 1. The zero-order chi connectivity index (χ0) is 14.2. The molecule has 0 bridgehead atoms. The van der Waals surface area contributed by atoms with Crippen LogP contribution in [-0.4, -0.2) is 9.55 Å². The number of hydrogen-bond donors (Lipinski definition) is 0. The number of halogens is 3. The number of benzene rings is 1. The van der Waals surface area contributed by atoms with Crippen LogP contribution in [0.5, 0.6) is 0 Å². The molecule has 1 atom stereocenters. The van der Waals surface area contributed by atoms with E-state index in [-0.39, 0.29) is 10.4 Å². The van der Waals surface area contributed by atoms with E-state index in [2.05, 4.69) is 18.8 Å². The number of rotatable bonds is 4. The van der Waals surface area contributed by atoms with Crippen LogP contribution in [0.15, 0.2) is 12.1 Å². The minimum Gasteiger partial charge on any atom is -0.327 e. The number of nitrogens with zero attached hydrogens (tertiary/aromatic N) is 2. The average molecular weight is 303 g/mol. The molecule has 0 fully saturated rings. The molecule has 0 aliphatic heterocycles. The van der Waals surface area contributed by atoms with Crippen molar-refractivity contribution in [3.05, 3.63) is 28.8 Å². The first kappa shape index (κ1) is 14.6. The van der Waals surface area contributed by atoms with Crippen molar-refractivity contribution in [1.29, 1.82) is 0 Å². The van der Waals surface area contributed by atoms with E-state index in [9.17, 15) is 4.39 Å². The van der Waals surface area contributed by atoms with Gasteiger partial charge in [-0.1, -0.05) is 25.4 Å². The van der Waals surface area contributed by atoms with Gasteiger partial charge < -0.3 is 4.57 Å². The Morgan fingerprint density at radius 3 is 2.58 bits per heavy atom. The fourth-order valence-electron chi connectivity index (χ4n) is 2.06. The molecule has 104 valence electrons. The molecule has 1 aromatic heterocycles. The number of alkyl halides is 1. The van der Waals surface area contributed by atoms with Crippen molar-refractivity contribution in [1.82, 2.24) is 9.55 Å². The van der Waals surface area contributed by atoms with Gasteiger partial charge in [0.05, 0.1) is 21.4 Å².